The van der Waals surface area contributed by atoms with Crippen molar-refractivity contribution in [2.45, 2.75) is 12.8 Å². The zero-order valence-electron chi connectivity index (χ0n) is 9.90. The summed E-state index contributed by atoms with van der Waals surface area (Å²) in [4.78, 5) is 13.9. The van der Waals surface area contributed by atoms with Crippen LogP contribution >= 0.6 is 0 Å². The molecule has 0 radical (unpaired) electrons. The summed E-state index contributed by atoms with van der Waals surface area (Å²) < 4.78 is 5.14. The molecule has 1 aliphatic heterocycles. The van der Waals surface area contributed by atoms with E-state index >= 15 is 0 Å². The molecule has 3 nitrogen and oxygen atoms in total. The Bertz CT molecular complexity index is 465. The molecule has 0 aromatic heterocycles. The maximum atomic E-state index is 11.9. The Morgan fingerprint density at radius 2 is 2.00 bits per heavy atom. The number of ether oxygens (including phenoxy) is 1. The van der Waals surface area contributed by atoms with Crippen LogP contribution < -0.4 is 4.74 Å². The standard InChI is InChI=1S/C14H15NO2/c1-17-14-7-3-2-6-12(14)13(16)8-11-15-9-4-5-10-15/h2-3,6-7H,4-5,9-10H2,1H3. The second kappa shape index (κ2) is 5.40. The summed E-state index contributed by atoms with van der Waals surface area (Å²) in [6.07, 6.45) is 2.33. The highest BCUT2D eigenvalue weighted by atomic mass is 16.5. The minimum atomic E-state index is -0.186. The van der Waals surface area contributed by atoms with Gasteiger partial charge in [0.25, 0.3) is 0 Å². The quantitative estimate of drug-likeness (QED) is 0.573. The number of hydrogen-bond acceptors (Lipinski definition) is 3. The summed E-state index contributed by atoms with van der Waals surface area (Å²) in [5, 5.41) is 0. The summed E-state index contributed by atoms with van der Waals surface area (Å²) >= 11 is 0. The van der Waals surface area contributed by atoms with Crippen LogP contribution in [0.25, 0.3) is 0 Å². The van der Waals surface area contributed by atoms with E-state index in [-0.39, 0.29) is 5.78 Å². The summed E-state index contributed by atoms with van der Waals surface area (Å²) in [5.41, 5.74) is 0.529. The van der Waals surface area contributed by atoms with Gasteiger partial charge < -0.3 is 9.64 Å². The van der Waals surface area contributed by atoms with Gasteiger partial charge in [-0.2, -0.15) is 0 Å². The number of ketones is 1. The zero-order valence-corrected chi connectivity index (χ0v) is 9.90. The van der Waals surface area contributed by atoms with Gasteiger partial charge in [0, 0.05) is 25.1 Å². The molecule has 3 heteroatoms. The first-order valence-corrected chi connectivity index (χ1v) is 5.75. The van der Waals surface area contributed by atoms with Crippen molar-refractivity contribution in [1.29, 1.82) is 0 Å². The molecular weight excluding hydrogens is 214 g/mol. The molecule has 0 saturated carbocycles. The van der Waals surface area contributed by atoms with Crippen molar-refractivity contribution < 1.29 is 9.53 Å². The number of para-hydroxylation sites is 1. The predicted molar refractivity (Wildman–Crippen MR) is 65.9 cm³/mol. The normalized spacial score (nSPS) is 14.1. The van der Waals surface area contributed by atoms with Gasteiger partial charge in [0.05, 0.1) is 12.7 Å². The van der Waals surface area contributed by atoms with Crippen LogP contribution in [0.15, 0.2) is 24.3 Å². The number of carbonyl (C=O) groups is 1. The monoisotopic (exact) mass is 229 g/mol. The number of rotatable bonds is 2. The lowest BCUT2D eigenvalue weighted by Gasteiger charge is -2.06. The molecule has 0 amide bonds. The fraction of sp³-hybridized carbons (Fsp3) is 0.357. The van der Waals surface area contributed by atoms with E-state index in [9.17, 15) is 4.79 Å². The number of likely N-dealkylation sites (tertiary alicyclic amines) is 1. The van der Waals surface area contributed by atoms with Gasteiger partial charge in [-0.3, -0.25) is 4.79 Å². The molecule has 88 valence electrons. The van der Waals surface area contributed by atoms with Gasteiger partial charge in [0.15, 0.2) is 0 Å². The lowest BCUT2D eigenvalue weighted by atomic mass is 10.1. The van der Waals surface area contributed by atoms with Gasteiger partial charge in [-0.05, 0) is 25.0 Å². The number of Topliss-reactive ketones (excluding diaryl/α,β-unsaturated/α-hetero) is 1. The minimum absolute atomic E-state index is 0.186. The van der Waals surface area contributed by atoms with Crippen LogP contribution in [-0.4, -0.2) is 30.9 Å². The number of nitrogens with zero attached hydrogens (tertiary/aromatic N) is 1. The third-order valence-electron chi connectivity index (χ3n) is 2.79. The van der Waals surface area contributed by atoms with Gasteiger partial charge in [-0.15, -0.1) is 0 Å². The molecule has 0 atom stereocenters. The molecule has 0 unspecified atom stereocenters. The van der Waals surface area contributed by atoms with E-state index in [4.69, 9.17) is 4.74 Å². The number of carbonyl (C=O) groups excluding carboxylic acids is 1. The first-order chi connectivity index (χ1) is 8.31. The van der Waals surface area contributed by atoms with Gasteiger partial charge in [0.2, 0.25) is 5.78 Å². The molecule has 0 spiro atoms. The molecule has 0 N–H and O–H groups in total. The molecule has 2 rings (SSSR count). The van der Waals surface area contributed by atoms with Crippen LogP contribution in [-0.2, 0) is 0 Å². The Morgan fingerprint density at radius 3 is 2.71 bits per heavy atom. The lowest BCUT2D eigenvalue weighted by Crippen LogP contribution is -2.12. The van der Waals surface area contributed by atoms with Crippen LogP contribution in [0.4, 0.5) is 0 Å². The fourth-order valence-corrected chi connectivity index (χ4v) is 1.86. The Balaban J connectivity index is 2.13. The summed E-state index contributed by atoms with van der Waals surface area (Å²) in [7, 11) is 1.56. The molecule has 1 aromatic carbocycles. The van der Waals surface area contributed by atoms with E-state index in [0.29, 0.717) is 11.3 Å². The average Bonchev–Trinajstić information content (AvgIpc) is 2.89. The fourth-order valence-electron chi connectivity index (χ4n) is 1.86. The lowest BCUT2D eigenvalue weighted by molar-refractivity contribution is 0.105. The minimum Gasteiger partial charge on any atom is -0.496 e. The van der Waals surface area contributed by atoms with Crippen LogP contribution in [0.1, 0.15) is 23.2 Å². The van der Waals surface area contributed by atoms with Crippen LogP contribution in [0.5, 0.6) is 5.75 Å². The van der Waals surface area contributed by atoms with Crippen molar-refractivity contribution in [3.8, 4) is 17.7 Å². The van der Waals surface area contributed by atoms with Crippen molar-refractivity contribution in [1.82, 2.24) is 4.90 Å². The van der Waals surface area contributed by atoms with Crippen molar-refractivity contribution in [2.75, 3.05) is 20.2 Å². The summed E-state index contributed by atoms with van der Waals surface area (Å²) in [5.74, 6) is 3.06. The maximum Gasteiger partial charge on any atom is 0.241 e. The van der Waals surface area contributed by atoms with Crippen LogP contribution in [0, 0.1) is 12.0 Å². The number of methoxy groups -OCH3 is 1. The molecule has 0 aliphatic carbocycles. The van der Waals surface area contributed by atoms with Crippen LogP contribution in [0.2, 0.25) is 0 Å². The van der Waals surface area contributed by atoms with Crippen molar-refractivity contribution in [3.05, 3.63) is 29.8 Å². The largest absolute Gasteiger partial charge is 0.496 e. The highest BCUT2D eigenvalue weighted by Crippen LogP contribution is 2.17. The molecule has 1 aromatic rings. The van der Waals surface area contributed by atoms with E-state index in [0.717, 1.165) is 25.9 Å². The zero-order chi connectivity index (χ0) is 12.1. The Labute approximate surface area is 101 Å². The van der Waals surface area contributed by atoms with Crippen molar-refractivity contribution >= 4 is 5.78 Å². The van der Waals surface area contributed by atoms with Gasteiger partial charge in [-0.1, -0.05) is 12.1 Å². The van der Waals surface area contributed by atoms with Crippen LogP contribution in [0.3, 0.4) is 0 Å². The second-order valence-corrected chi connectivity index (χ2v) is 3.96. The first kappa shape index (κ1) is 11.5. The van der Waals surface area contributed by atoms with Gasteiger partial charge in [-0.25, -0.2) is 0 Å². The van der Waals surface area contributed by atoms with E-state index in [1.165, 1.54) is 0 Å². The Hall–Kier alpha value is -1.95. The van der Waals surface area contributed by atoms with E-state index in [2.05, 4.69) is 12.0 Å². The maximum absolute atomic E-state index is 11.9. The highest BCUT2D eigenvalue weighted by molar-refractivity contribution is 6.10. The van der Waals surface area contributed by atoms with E-state index in [1.54, 1.807) is 19.2 Å². The average molecular weight is 229 g/mol. The van der Waals surface area contributed by atoms with E-state index in [1.807, 2.05) is 17.0 Å². The van der Waals surface area contributed by atoms with Gasteiger partial charge >= 0.3 is 0 Å². The molecule has 1 fully saturated rings. The smallest absolute Gasteiger partial charge is 0.241 e. The Kier molecular flexibility index (Phi) is 3.66. The number of hydrogen-bond donors (Lipinski definition) is 0. The second-order valence-electron chi connectivity index (χ2n) is 3.96. The molecule has 1 heterocycles. The highest BCUT2D eigenvalue weighted by Gasteiger charge is 2.10. The van der Waals surface area contributed by atoms with Crippen molar-refractivity contribution in [2.24, 2.45) is 0 Å². The summed E-state index contributed by atoms with van der Waals surface area (Å²) in [6, 6.07) is 10.1. The summed E-state index contributed by atoms with van der Waals surface area (Å²) in [6.45, 7) is 1.93. The third kappa shape index (κ3) is 2.79. The third-order valence-corrected chi connectivity index (χ3v) is 2.79. The molecule has 0 bridgehead atoms. The Morgan fingerprint density at radius 1 is 1.29 bits per heavy atom. The first-order valence-electron chi connectivity index (χ1n) is 5.75. The van der Waals surface area contributed by atoms with Crippen molar-refractivity contribution in [3.63, 3.8) is 0 Å². The SMILES string of the molecule is COc1ccccc1C(=O)C#CN1CCCC1. The van der Waals surface area contributed by atoms with E-state index < -0.39 is 0 Å². The number of benzene rings is 1. The topological polar surface area (TPSA) is 29.5 Å². The molecule has 1 saturated heterocycles. The molecule has 17 heavy (non-hydrogen) atoms. The molecular formula is C14H15NO2. The van der Waals surface area contributed by atoms with Gasteiger partial charge in [0.1, 0.15) is 5.75 Å². The predicted octanol–water partition coefficient (Wildman–Crippen LogP) is 1.93. The molecule has 1 aliphatic rings.